The fourth-order valence-corrected chi connectivity index (χ4v) is 1.46. The highest BCUT2D eigenvalue weighted by Crippen LogP contribution is 2.20. The summed E-state index contributed by atoms with van der Waals surface area (Å²) in [7, 11) is 5.49. The highest BCUT2D eigenvalue weighted by atomic mass is 16.5. The minimum absolute atomic E-state index is 0.346. The quantitative estimate of drug-likeness (QED) is 0.471. The van der Waals surface area contributed by atoms with Crippen LogP contribution in [0.2, 0.25) is 0 Å². The molecule has 1 aromatic rings. The van der Waals surface area contributed by atoms with E-state index in [-0.39, 0.29) is 0 Å². The summed E-state index contributed by atoms with van der Waals surface area (Å²) < 4.78 is 10.2. The van der Waals surface area contributed by atoms with Crippen molar-refractivity contribution >= 4 is 11.7 Å². The fraction of sp³-hybridized carbons (Fsp3) is 0.462. The first-order chi connectivity index (χ1) is 8.54. The first kappa shape index (κ1) is 14.3. The van der Waals surface area contributed by atoms with Crippen molar-refractivity contribution in [1.82, 2.24) is 4.90 Å². The van der Waals surface area contributed by atoms with E-state index in [1.165, 1.54) is 7.11 Å². The SMILES string of the molecule is COc1ccc(N)c(C(=O)OCCCN(C)C)c1. The van der Waals surface area contributed by atoms with Crippen LogP contribution in [0.3, 0.4) is 0 Å². The standard InChI is InChI=1S/C13H20N2O3/c1-15(2)7-4-8-18-13(16)11-9-10(17-3)5-6-12(11)14/h5-6,9H,4,7-8,14H2,1-3H3. The van der Waals surface area contributed by atoms with E-state index in [1.54, 1.807) is 18.2 Å². The smallest absolute Gasteiger partial charge is 0.340 e. The van der Waals surface area contributed by atoms with Gasteiger partial charge in [-0.1, -0.05) is 0 Å². The predicted octanol–water partition coefficient (Wildman–Crippen LogP) is 1.39. The zero-order valence-corrected chi connectivity index (χ0v) is 11.1. The Bertz CT molecular complexity index is 405. The average Bonchev–Trinajstić information content (AvgIpc) is 2.34. The number of esters is 1. The van der Waals surface area contributed by atoms with Crippen LogP contribution in [-0.4, -0.2) is 45.2 Å². The summed E-state index contributed by atoms with van der Waals surface area (Å²) in [5, 5.41) is 0. The molecule has 0 aliphatic carbocycles. The van der Waals surface area contributed by atoms with E-state index in [2.05, 4.69) is 0 Å². The Labute approximate surface area is 107 Å². The van der Waals surface area contributed by atoms with Gasteiger partial charge in [0.15, 0.2) is 0 Å². The topological polar surface area (TPSA) is 64.8 Å². The molecule has 1 aromatic carbocycles. The van der Waals surface area contributed by atoms with Crippen molar-refractivity contribution < 1.29 is 14.3 Å². The predicted molar refractivity (Wildman–Crippen MR) is 70.9 cm³/mol. The van der Waals surface area contributed by atoms with Crippen molar-refractivity contribution in [2.75, 3.05) is 40.1 Å². The van der Waals surface area contributed by atoms with Crippen LogP contribution >= 0.6 is 0 Å². The molecular weight excluding hydrogens is 232 g/mol. The molecule has 0 atom stereocenters. The summed E-state index contributed by atoms with van der Waals surface area (Å²) in [6.45, 7) is 1.26. The van der Waals surface area contributed by atoms with E-state index in [9.17, 15) is 4.79 Å². The number of carbonyl (C=O) groups excluding carboxylic acids is 1. The molecule has 5 heteroatoms. The van der Waals surface area contributed by atoms with Crippen LogP contribution in [0.1, 0.15) is 16.8 Å². The van der Waals surface area contributed by atoms with Crippen molar-refractivity contribution in [3.63, 3.8) is 0 Å². The number of anilines is 1. The Morgan fingerprint density at radius 2 is 2.11 bits per heavy atom. The highest BCUT2D eigenvalue weighted by Gasteiger charge is 2.12. The van der Waals surface area contributed by atoms with Crippen LogP contribution in [0.5, 0.6) is 5.75 Å². The Hall–Kier alpha value is -1.75. The van der Waals surface area contributed by atoms with Crippen molar-refractivity contribution in [2.24, 2.45) is 0 Å². The molecule has 0 unspecified atom stereocenters. The van der Waals surface area contributed by atoms with Gasteiger partial charge >= 0.3 is 5.97 Å². The summed E-state index contributed by atoms with van der Waals surface area (Å²) in [5.74, 6) is 0.176. The number of benzene rings is 1. The number of ether oxygens (including phenoxy) is 2. The molecule has 0 aliphatic rings. The molecule has 0 heterocycles. The fourth-order valence-electron chi connectivity index (χ4n) is 1.46. The lowest BCUT2D eigenvalue weighted by atomic mass is 10.2. The van der Waals surface area contributed by atoms with Crippen LogP contribution in [-0.2, 0) is 4.74 Å². The highest BCUT2D eigenvalue weighted by molar-refractivity contribution is 5.95. The minimum atomic E-state index is -0.412. The van der Waals surface area contributed by atoms with Gasteiger partial charge < -0.3 is 20.1 Å². The Morgan fingerprint density at radius 1 is 1.39 bits per heavy atom. The van der Waals surface area contributed by atoms with Crippen LogP contribution in [0, 0.1) is 0 Å². The van der Waals surface area contributed by atoms with Crippen molar-refractivity contribution in [2.45, 2.75) is 6.42 Å². The third-order valence-corrected chi connectivity index (χ3v) is 2.46. The molecule has 2 N–H and O–H groups in total. The lowest BCUT2D eigenvalue weighted by Gasteiger charge is -2.11. The Balaban J connectivity index is 2.55. The monoisotopic (exact) mass is 252 g/mol. The van der Waals surface area contributed by atoms with Crippen molar-refractivity contribution in [3.8, 4) is 5.75 Å². The second-order valence-corrected chi connectivity index (χ2v) is 4.25. The van der Waals surface area contributed by atoms with E-state index in [0.717, 1.165) is 13.0 Å². The maximum atomic E-state index is 11.8. The van der Waals surface area contributed by atoms with Gasteiger partial charge in [0.1, 0.15) is 5.75 Å². The van der Waals surface area contributed by atoms with E-state index >= 15 is 0 Å². The van der Waals surface area contributed by atoms with E-state index < -0.39 is 5.97 Å². The lowest BCUT2D eigenvalue weighted by molar-refractivity contribution is 0.0494. The second kappa shape index (κ2) is 6.86. The summed E-state index contributed by atoms with van der Waals surface area (Å²) >= 11 is 0. The summed E-state index contributed by atoms with van der Waals surface area (Å²) in [4.78, 5) is 13.8. The molecule has 100 valence electrons. The van der Waals surface area contributed by atoms with Crippen LogP contribution in [0.4, 0.5) is 5.69 Å². The number of hydrogen-bond acceptors (Lipinski definition) is 5. The third-order valence-electron chi connectivity index (χ3n) is 2.46. The maximum Gasteiger partial charge on any atom is 0.340 e. The van der Waals surface area contributed by atoms with Gasteiger partial charge in [0.25, 0.3) is 0 Å². The number of nitrogens with two attached hydrogens (primary N) is 1. The third kappa shape index (κ3) is 4.25. The van der Waals surface area contributed by atoms with Crippen molar-refractivity contribution in [3.05, 3.63) is 23.8 Å². The average molecular weight is 252 g/mol. The number of nitrogen functional groups attached to an aromatic ring is 1. The normalized spacial score (nSPS) is 10.4. The Kier molecular flexibility index (Phi) is 5.45. The molecule has 0 amide bonds. The Morgan fingerprint density at radius 3 is 2.72 bits per heavy atom. The first-order valence-corrected chi connectivity index (χ1v) is 5.80. The summed E-state index contributed by atoms with van der Waals surface area (Å²) in [6.07, 6.45) is 0.794. The van der Waals surface area contributed by atoms with Crippen LogP contribution in [0.25, 0.3) is 0 Å². The number of methoxy groups -OCH3 is 1. The summed E-state index contributed by atoms with van der Waals surface area (Å²) in [5.41, 5.74) is 6.48. The summed E-state index contributed by atoms with van der Waals surface area (Å²) in [6, 6.07) is 4.93. The van der Waals surface area contributed by atoms with Gasteiger partial charge in [-0.3, -0.25) is 0 Å². The van der Waals surface area contributed by atoms with Gasteiger partial charge in [0, 0.05) is 12.2 Å². The van der Waals surface area contributed by atoms with Gasteiger partial charge in [-0.25, -0.2) is 4.79 Å². The zero-order valence-electron chi connectivity index (χ0n) is 11.1. The molecule has 0 aliphatic heterocycles. The molecule has 0 saturated carbocycles. The van der Waals surface area contributed by atoms with Gasteiger partial charge in [-0.15, -0.1) is 0 Å². The number of nitrogens with zero attached hydrogens (tertiary/aromatic N) is 1. The molecule has 0 fully saturated rings. The molecule has 0 bridgehead atoms. The van der Waals surface area contributed by atoms with Gasteiger partial charge in [-0.2, -0.15) is 0 Å². The molecule has 5 nitrogen and oxygen atoms in total. The minimum Gasteiger partial charge on any atom is -0.497 e. The zero-order chi connectivity index (χ0) is 13.5. The molecule has 0 aromatic heterocycles. The molecule has 0 saturated heterocycles. The van der Waals surface area contributed by atoms with E-state index in [4.69, 9.17) is 15.2 Å². The second-order valence-electron chi connectivity index (χ2n) is 4.25. The van der Waals surface area contributed by atoms with E-state index in [0.29, 0.717) is 23.6 Å². The molecule has 0 spiro atoms. The number of carbonyl (C=O) groups is 1. The molecule has 0 radical (unpaired) electrons. The van der Waals surface area contributed by atoms with E-state index in [1.807, 2.05) is 19.0 Å². The largest absolute Gasteiger partial charge is 0.497 e. The van der Waals surface area contributed by atoms with Gasteiger partial charge in [0.05, 0.1) is 19.3 Å². The molecule has 1 rings (SSSR count). The van der Waals surface area contributed by atoms with Crippen LogP contribution in [0.15, 0.2) is 18.2 Å². The first-order valence-electron chi connectivity index (χ1n) is 5.80. The van der Waals surface area contributed by atoms with Crippen LogP contribution < -0.4 is 10.5 Å². The number of rotatable bonds is 6. The maximum absolute atomic E-state index is 11.8. The number of hydrogen-bond donors (Lipinski definition) is 1. The molecule has 18 heavy (non-hydrogen) atoms. The van der Waals surface area contributed by atoms with Gasteiger partial charge in [0.2, 0.25) is 0 Å². The van der Waals surface area contributed by atoms with Gasteiger partial charge in [-0.05, 0) is 38.7 Å². The lowest BCUT2D eigenvalue weighted by Crippen LogP contribution is -2.16. The molecular formula is C13H20N2O3. The van der Waals surface area contributed by atoms with Crippen molar-refractivity contribution in [1.29, 1.82) is 0 Å².